The van der Waals surface area contributed by atoms with Crippen LogP contribution in [0.5, 0.6) is 23.0 Å². The van der Waals surface area contributed by atoms with Crippen molar-refractivity contribution in [2.45, 2.75) is 102 Å². The van der Waals surface area contributed by atoms with Gasteiger partial charge in [0.15, 0.2) is 6.29 Å². The quantitative estimate of drug-likeness (QED) is 0.0486. The van der Waals surface area contributed by atoms with Crippen molar-refractivity contribution >= 4 is 17.9 Å². The number of oxime groups is 1. The van der Waals surface area contributed by atoms with Crippen molar-refractivity contribution in [3.05, 3.63) is 107 Å². The number of amides is 1. The molecule has 0 radical (unpaired) electrons. The summed E-state index contributed by atoms with van der Waals surface area (Å²) >= 11 is 0. The number of allylic oxidation sites excluding steroid dienone is 1. The van der Waals surface area contributed by atoms with Gasteiger partial charge in [0.1, 0.15) is 34.6 Å². The molecule has 3 aromatic rings. The molecule has 0 bridgehead atoms. The lowest BCUT2D eigenvalue weighted by Gasteiger charge is -2.60. The molecule has 6 atom stereocenters. The summed E-state index contributed by atoms with van der Waals surface area (Å²) < 4.78 is 26.3. The average Bonchev–Trinajstić information content (AvgIpc) is 3.27. The Morgan fingerprint density at radius 2 is 1.74 bits per heavy atom. The largest absolute Gasteiger partial charge is 0.496 e. The topological polar surface area (TPSA) is 160 Å². The Hall–Kier alpha value is -5.48. The van der Waals surface area contributed by atoms with Gasteiger partial charge in [-0.05, 0) is 131 Å². The number of aliphatic hydroxyl groups is 2. The van der Waals surface area contributed by atoms with Crippen molar-refractivity contribution in [1.29, 1.82) is 5.26 Å². The third-order valence-electron chi connectivity index (χ3n) is 12.0. The van der Waals surface area contributed by atoms with Gasteiger partial charge < -0.3 is 38.9 Å². The number of methoxy groups -OCH3 is 1. The van der Waals surface area contributed by atoms with E-state index in [1.54, 1.807) is 48.5 Å². The first kappa shape index (κ1) is 46.0. The van der Waals surface area contributed by atoms with Gasteiger partial charge in [0.05, 0.1) is 42.5 Å². The second-order valence-corrected chi connectivity index (χ2v) is 17.3. The molecule has 0 spiro atoms. The van der Waals surface area contributed by atoms with Crippen LogP contribution in [-0.4, -0.2) is 83.9 Å². The van der Waals surface area contributed by atoms with E-state index in [0.717, 1.165) is 43.1 Å². The molecule has 1 amide bonds. The maximum absolute atomic E-state index is 14.9. The highest BCUT2D eigenvalue weighted by molar-refractivity contribution is 6.03. The molecule has 1 saturated carbocycles. The molecular weight excluding hydrogens is 787 g/mol. The summed E-state index contributed by atoms with van der Waals surface area (Å²) in [6.45, 7) is 12.6. The van der Waals surface area contributed by atoms with Gasteiger partial charge in [-0.2, -0.15) is 5.26 Å². The number of hydrogen-bond acceptors (Lipinski definition) is 11. The van der Waals surface area contributed by atoms with Crippen LogP contribution in [0.2, 0.25) is 0 Å². The molecule has 12 heteroatoms. The zero-order valence-corrected chi connectivity index (χ0v) is 36.7. The first-order valence-electron chi connectivity index (χ1n) is 21.8. The molecule has 1 aliphatic heterocycles. The van der Waals surface area contributed by atoms with E-state index in [1.165, 1.54) is 7.11 Å². The van der Waals surface area contributed by atoms with Gasteiger partial charge in [0.25, 0.3) is 5.91 Å². The molecule has 0 unspecified atom stereocenters. The maximum Gasteiger partial charge on any atom is 0.254 e. The Labute approximate surface area is 365 Å². The van der Waals surface area contributed by atoms with Crippen molar-refractivity contribution in [2.75, 3.05) is 33.5 Å². The zero-order chi connectivity index (χ0) is 44.4. The van der Waals surface area contributed by atoms with E-state index in [0.29, 0.717) is 71.2 Å². The fraction of sp³-hybridized carbons (Fsp3) is 0.480. The number of carbonyl (C=O) groups excluding carboxylic acids is 2. The number of ether oxygens (including phenoxy) is 4. The smallest absolute Gasteiger partial charge is 0.254 e. The summed E-state index contributed by atoms with van der Waals surface area (Å²) in [6, 6.07) is 18.9. The van der Waals surface area contributed by atoms with E-state index in [2.05, 4.69) is 18.7 Å². The average molecular weight is 848 g/mol. The van der Waals surface area contributed by atoms with Gasteiger partial charge >= 0.3 is 0 Å². The molecule has 2 aliphatic carbocycles. The molecule has 3 aromatic carbocycles. The highest BCUT2D eigenvalue weighted by Gasteiger charge is 2.65. The Morgan fingerprint density at radius 1 is 1.03 bits per heavy atom. The molecule has 6 rings (SSSR count). The fourth-order valence-corrected chi connectivity index (χ4v) is 9.40. The first-order valence-corrected chi connectivity index (χ1v) is 21.8. The summed E-state index contributed by atoms with van der Waals surface area (Å²) in [5, 5.41) is 34.4. The molecule has 1 heterocycles. The number of aliphatic hydroxyl groups excluding tert-OH is 2. The molecule has 1 fully saturated rings. The van der Waals surface area contributed by atoms with E-state index in [1.807, 2.05) is 50.8 Å². The number of rotatable bonds is 20. The van der Waals surface area contributed by atoms with E-state index in [4.69, 9.17) is 28.9 Å². The van der Waals surface area contributed by atoms with Crippen LogP contribution in [0.1, 0.15) is 117 Å². The lowest BCUT2D eigenvalue weighted by Crippen LogP contribution is -2.70. The third-order valence-corrected chi connectivity index (χ3v) is 12.0. The Kier molecular flexibility index (Phi) is 15.3. The number of unbranched alkanes of at least 4 members (excludes halogenated alkanes) is 2. The van der Waals surface area contributed by atoms with Crippen molar-refractivity contribution < 1.29 is 43.6 Å². The summed E-state index contributed by atoms with van der Waals surface area (Å²) in [6.07, 6.45) is 10.1. The van der Waals surface area contributed by atoms with Crippen molar-refractivity contribution in [1.82, 2.24) is 4.90 Å². The summed E-state index contributed by atoms with van der Waals surface area (Å²) in [7, 11) is 1.51. The number of carbonyl (C=O) groups is 2. The molecule has 2 N–H and O–H groups in total. The van der Waals surface area contributed by atoms with Gasteiger partial charge in [-0.15, -0.1) is 6.58 Å². The molecule has 3 aliphatic rings. The minimum Gasteiger partial charge on any atom is -0.496 e. The van der Waals surface area contributed by atoms with Gasteiger partial charge in [0.2, 0.25) is 5.79 Å². The minimum atomic E-state index is -1.43. The predicted octanol–water partition coefficient (Wildman–Crippen LogP) is 9.16. The van der Waals surface area contributed by atoms with E-state index in [-0.39, 0.29) is 49.9 Å². The van der Waals surface area contributed by atoms with Crippen LogP contribution in [0.25, 0.3) is 0 Å². The normalized spacial score (nSPS) is 23.2. The highest BCUT2D eigenvalue weighted by atomic mass is 16.7. The van der Waals surface area contributed by atoms with Gasteiger partial charge in [-0.25, -0.2) is 0 Å². The molecular formula is C50H61N3O9. The third kappa shape index (κ3) is 9.91. The van der Waals surface area contributed by atoms with Crippen molar-refractivity contribution in [3.63, 3.8) is 0 Å². The lowest BCUT2D eigenvalue weighted by atomic mass is 9.55. The van der Waals surface area contributed by atoms with Crippen LogP contribution < -0.4 is 14.2 Å². The number of aldehydes is 1. The molecule has 62 heavy (non-hydrogen) atoms. The van der Waals surface area contributed by atoms with Crippen molar-refractivity contribution in [2.24, 2.45) is 22.9 Å². The molecule has 0 saturated heterocycles. The van der Waals surface area contributed by atoms with Crippen LogP contribution >= 0.6 is 0 Å². The Bertz CT molecular complexity index is 2150. The number of nitrogens with zero attached hydrogens (tertiary/aromatic N) is 3. The highest BCUT2D eigenvalue weighted by Crippen LogP contribution is 2.62. The molecule has 0 aromatic heterocycles. The van der Waals surface area contributed by atoms with Gasteiger partial charge in [-0.1, -0.05) is 37.1 Å². The second-order valence-electron chi connectivity index (χ2n) is 17.3. The van der Waals surface area contributed by atoms with Crippen LogP contribution in [0.15, 0.2) is 90.1 Å². The Morgan fingerprint density at radius 3 is 2.39 bits per heavy atom. The number of hydrogen-bond donors (Lipinski definition) is 2. The van der Waals surface area contributed by atoms with Crippen LogP contribution in [0, 0.1) is 29.1 Å². The maximum atomic E-state index is 14.9. The van der Waals surface area contributed by atoms with Crippen molar-refractivity contribution in [3.8, 4) is 29.1 Å². The van der Waals surface area contributed by atoms with Crippen LogP contribution in [-0.2, 0) is 9.57 Å². The summed E-state index contributed by atoms with van der Waals surface area (Å²) in [5.41, 5.74) is 3.15. The first-order chi connectivity index (χ1) is 29.9. The monoisotopic (exact) mass is 847 g/mol. The number of fused-ring (bicyclic) bond motifs is 2. The van der Waals surface area contributed by atoms with E-state index >= 15 is 0 Å². The predicted molar refractivity (Wildman–Crippen MR) is 237 cm³/mol. The molecule has 12 nitrogen and oxygen atoms in total. The second kappa shape index (κ2) is 20.6. The van der Waals surface area contributed by atoms with E-state index in [9.17, 15) is 25.1 Å². The van der Waals surface area contributed by atoms with Gasteiger partial charge in [0, 0.05) is 43.2 Å². The summed E-state index contributed by atoms with van der Waals surface area (Å²) in [5.74, 6) is -0.340. The molecule has 330 valence electrons. The van der Waals surface area contributed by atoms with E-state index < -0.39 is 23.3 Å². The lowest BCUT2D eigenvalue weighted by molar-refractivity contribution is -0.254. The standard InChI is InChI=1S/C50H61N3O9/c1-7-23-53(48(57)34-17-15-33(31-51)16-18-34)45-30-42(52-62-49(3,4)5)40-28-35(13-9-11-24-54)39(14-10-12-25-55)46-41-29-38(60-37-19-21-43(58-6)36(27-37)32-56)20-22-44(41)61-50(45,47(40)46)59-26-8-2/h8,15-22,27-29,32,35,39,45-47,54-55H,2,7,9-14,23-26,30H2,1,3-6H3/t35-,39+,45-,46+,47+,50+/m0/s1. The minimum absolute atomic E-state index is 0.0126. The SMILES string of the molecule is C=CCO[C@@]12Oc3ccc(Oc4ccc(OC)c(C=O)c4)cc3[C@H]3[C@H](CCCCO)[C@@H](CCCCO)C=C(C(=NOC(C)(C)C)C[C@@H]1N(CCC)C(=O)c1ccc(C#N)cc1)[C@H]32. The zero-order valence-electron chi connectivity index (χ0n) is 36.7. The number of benzene rings is 3. The number of nitriles is 1. The van der Waals surface area contributed by atoms with Crippen LogP contribution in [0.3, 0.4) is 0 Å². The van der Waals surface area contributed by atoms with Crippen LogP contribution in [0.4, 0.5) is 0 Å². The Balaban J connectivity index is 1.61. The fourth-order valence-electron chi connectivity index (χ4n) is 9.40. The van der Waals surface area contributed by atoms with Gasteiger partial charge in [-0.3, -0.25) is 9.59 Å². The summed E-state index contributed by atoms with van der Waals surface area (Å²) in [4.78, 5) is 34.9.